The number of thiophene rings is 1. The first-order valence-electron chi connectivity index (χ1n) is 6.13. The zero-order valence-corrected chi connectivity index (χ0v) is 12.5. The predicted molar refractivity (Wildman–Crippen MR) is 76.7 cm³/mol. The van der Waals surface area contributed by atoms with Gasteiger partial charge in [0.25, 0.3) is 5.91 Å². The van der Waals surface area contributed by atoms with Crippen molar-refractivity contribution in [1.82, 2.24) is 10.1 Å². The van der Waals surface area contributed by atoms with E-state index in [0.29, 0.717) is 12.2 Å². The molecule has 0 saturated heterocycles. The molecule has 0 aliphatic carbocycles. The zero-order valence-electron chi connectivity index (χ0n) is 11.7. The summed E-state index contributed by atoms with van der Waals surface area (Å²) < 4.78 is 9.62. The topological polar surface area (TPSA) is 98.7 Å². The number of anilines is 1. The maximum Gasteiger partial charge on any atom is 0.346 e. The number of rotatable bonds is 5. The van der Waals surface area contributed by atoms with Crippen LogP contribution in [0.15, 0.2) is 21.3 Å². The Hall–Kier alpha value is -2.35. The molecule has 0 fully saturated rings. The summed E-state index contributed by atoms with van der Waals surface area (Å²) in [6.45, 7) is 1.68. The average molecular weight is 309 g/mol. The van der Waals surface area contributed by atoms with E-state index in [1.807, 2.05) is 16.8 Å². The third kappa shape index (κ3) is 3.60. The first-order chi connectivity index (χ1) is 9.99. The van der Waals surface area contributed by atoms with E-state index < -0.39 is 5.97 Å². The third-order valence-electron chi connectivity index (χ3n) is 2.85. The van der Waals surface area contributed by atoms with Gasteiger partial charge in [-0.05, 0) is 29.3 Å². The highest BCUT2D eigenvalue weighted by atomic mass is 32.1. The number of ether oxygens (including phenoxy) is 1. The molecule has 2 aromatic rings. The summed E-state index contributed by atoms with van der Waals surface area (Å²) in [7, 11) is 1.65. The van der Waals surface area contributed by atoms with E-state index in [-0.39, 0.29) is 24.0 Å². The van der Waals surface area contributed by atoms with E-state index in [0.717, 1.165) is 5.56 Å². The molecule has 112 valence electrons. The van der Waals surface area contributed by atoms with Crippen LogP contribution in [0.5, 0.6) is 0 Å². The second-order valence-electron chi connectivity index (χ2n) is 4.46. The summed E-state index contributed by atoms with van der Waals surface area (Å²) in [5.41, 5.74) is 6.89. The smallest absolute Gasteiger partial charge is 0.346 e. The highest BCUT2D eigenvalue weighted by Gasteiger charge is 2.21. The number of esters is 1. The minimum Gasteiger partial charge on any atom is -0.452 e. The fourth-order valence-corrected chi connectivity index (χ4v) is 2.35. The Labute approximate surface area is 125 Å². The lowest BCUT2D eigenvalue weighted by Crippen LogP contribution is -2.30. The second kappa shape index (κ2) is 6.40. The zero-order chi connectivity index (χ0) is 15.4. The van der Waals surface area contributed by atoms with Crippen molar-refractivity contribution in [3.63, 3.8) is 0 Å². The lowest BCUT2D eigenvalue weighted by molar-refractivity contribution is -0.133. The highest BCUT2D eigenvalue weighted by molar-refractivity contribution is 7.07. The van der Waals surface area contributed by atoms with Gasteiger partial charge in [-0.3, -0.25) is 4.79 Å². The Morgan fingerprint density at radius 2 is 2.29 bits per heavy atom. The van der Waals surface area contributed by atoms with Gasteiger partial charge < -0.3 is 19.9 Å². The van der Waals surface area contributed by atoms with Gasteiger partial charge in [0, 0.05) is 13.6 Å². The first kappa shape index (κ1) is 15.0. The van der Waals surface area contributed by atoms with Crippen LogP contribution in [0.3, 0.4) is 0 Å². The monoisotopic (exact) mass is 309 g/mol. The van der Waals surface area contributed by atoms with Crippen molar-refractivity contribution in [3.05, 3.63) is 33.6 Å². The number of nitrogens with zero attached hydrogens (tertiary/aromatic N) is 2. The SMILES string of the molecule is Cc1noc(N)c1C(=O)OCC(=O)N(C)Cc1ccsc1. The van der Waals surface area contributed by atoms with Crippen molar-refractivity contribution in [2.75, 3.05) is 19.4 Å². The molecule has 0 aromatic carbocycles. The third-order valence-corrected chi connectivity index (χ3v) is 3.58. The molecule has 2 N–H and O–H groups in total. The molecular formula is C13H15N3O4S. The standard InChI is InChI=1S/C13H15N3O4S/c1-8-11(12(14)20-15-8)13(18)19-6-10(17)16(2)5-9-3-4-21-7-9/h3-4,7H,5-6,14H2,1-2H3. The molecule has 0 unspecified atom stereocenters. The van der Waals surface area contributed by atoms with E-state index in [1.54, 1.807) is 25.3 Å². The molecule has 2 rings (SSSR count). The number of amides is 1. The van der Waals surface area contributed by atoms with E-state index in [1.165, 1.54) is 4.90 Å². The van der Waals surface area contributed by atoms with Crippen molar-refractivity contribution in [2.45, 2.75) is 13.5 Å². The molecule has 0 aliphatic heterocycles. The quantitative estimate of drug-likeness (QED) is 0.839. The Morgan fingerprint density at radius 1 is 1.52 bits per heavy atom. The maximum atomic E-state index is 11.9. The molecule has 0 atom stereocenters. The summed E-state index contributed by atoms with van der Waals surface area (Å²) in [6, 6.07) is 1.93. The summed E-state index contributed by atoms with van der Waals surface area (Å²) in [5, 5.41) is 7.45. The molecule has 0 saturated carbocycles. The number of likely N-dealkylation sites (N-methyl/N-ethyl adjacent to an activating group) is 1. The fourth-order valence-electron chi connectivity index (χ4n) is 1.69. The second-order valence-corrected chi connectivity index (χ2v) is 5.24. The van der Waals surface area contributed by atoms with Crippen molar-refractivity contribution in [3.8, 4) is 0 Å². The molecule has 0 radical (unpaired) electrons. The van der Waals surface area contributed by atoms with Gasteiger partial charge in [-0.1, -0.05) is 5.16 Å². The number of aromatic nitrogens is 1. The number of nitrogens with two attached hydrogens (primary N) is 1. The molecule has 21 heavy (non-hydrogen) atoms. The number of carbonyl (C=O) groups is 2. The van der Waals surface area contributed by atoms with Crippen LogP contribution in [0, 0.1) is 6.92 Å². The van der Waals surface area contributed by atoms with Gasteiger partial charge in [0.2, 0.25) is 5.88 Å². The Balaban J connectivity index is 1.87. The van der Waals surface area contributed by atoms with Crippen LogP contribution < -0.4 is 5.73 Å². The van der Waals surface area contributed by atoms with Crippen LogP contribution in [0.25, 0.3) is 0 Å². The van der Waals surface area contributed by atoms with E-state index in [9.17, 15) is 9.59 Å². The van der Waals surface area contributed by atoms with Crippen LogP contribution in [0.1, 0.15) is 21.6 Å². The summed E-state index contributed by atoms with van der Waals surface area (Å²) in [5.74, 6) is -1.14. The number of carbonyl (C=O) groups excluding carboxylic acids is 2. The normalized spacial score (nSPS) is 10.4. The molecule has 2 heterocycles. The maximum absolute atomic E-state index is 11.9. The van der Waals surface area contributed by atoms with Gasteiger partial charge in [0.05, 0.1) is 5.69 Å². The van der Waals surface area contributed by atoms with Gasteiger partial charge in [-0.2, -0.15) is 11.3 Å². The van der Waals surface area contributed by atoms with Crippen LogP contribution in [0.4, 0.5) is 5.88 Å². The molecule has 1 amide bonds. The summed E-state index contributed by atoms with van der Waals surface area (Å²) >= 11 is 1.56. The van der Waals surface area contributed by atoms with Crippen molar-refractivity contribution in [2.24, 2.45) is 0 Å². The molecule has 2 aromatic heterocycles. The van der Waals surface area contributed by atoms with E-state index in [4.69, 9.17) is 10.5 Å². The van der Waals surface area contributed by atoms with Crippen LogP contribution in [-0.2, 0) is 16.1 Å². The van der Waals surface area contributed by atoms with E-state index >= 15 is 0 Å². The Kier molecular flexibility index (Phi) is 4.59. The van der Waals surface area contributed by atoms with Gasteiger partial charge >= 0.3 is 5.97 Å². The number of aryl methyl sites for hydroxylation is 1. The van der Waals surface area contributed by atoms with Crippen molar-refractivity contribution in [1.29, 1.82) is 0 Å². The van der Waals surface area contributed by atoms with Crippen molar-refractivity contribution < 1.29 is 18.8 Å². The van der Waals surface area contributed by atoms with Gasteiger partial charge in [0.1, 0.15) is 5.56 Å². The Morgan fingerprint density at radius 3 is 2.86 bits per heavy atom. The number of nitrogen functional groups attached to an aromatic ring is 1. The molecular weight excluding hydrogens is 294 g/mol. The lowest BCUT2D eigenvalue weighted by atomic mass is 10.2. The average Bonchev–Trinajstić information content (AvgIpc) is 3.06. The number of hydrogen-bond donors (Lipinski definition) is 1. The lowest BCUT2D eigenvalue weighted by Gasteiger charge is -2.16. The Bertz CT molecular complexity index is 616. The minimum absolute atomic E-state index is 0.0586. The summed E-state index contributed by atoms with van der Waals surface area (Å²) in [4.78, 5) is 25.2. The van der Waals surface area contributed by atoms with Crippen LogP contribution in [-0.4, -0.2) is 35.6 Å². The van der Waals surface area contributed by atoms with Crippen LogP contribution >= 0.6 is 11.3 Å². The van der Waals surface area contributed by atoms with Crippen LogP contribution in [0.2, 0.25) is 0 Å². The molecule has 8 heteroatoms. The van der Waals surface area contributed by atoms with E-state index in [2.05, 4.69) is 9.68 Å². The van der Waals surface area contributed by atoms with Gasteiger partial charge in [0.15, 0.2) is 6.61 Å². The molecule has 0 aliphatic rings. The number of hydrogen-bond acceptors (Lipinski definition) is 7. The fraction of sp³-hybridized carbons (Fsp3) is 0.308. The molecule has 0 bridgehead atoms. The first-order valence-corrected chi connectivity index (χ1v) is 7.07. The van der Waals surface area contributed by atoms with Gasteiger partial charge in [-0.25, -0.2) is 4.79 Å². The molecule has 7 nitrogen and oxygen atoms in total. The summed E-state index contributed by atoms with van der Waals surface area (Å²) in [6.07, 6.45) is 0. The molecule has 0 spiro atoms. The largest absolute Gasteiger partial charge is 0.452 e. The van der Waals surface area contributed by atoms with Crippen molar-refractivity contribution >= 4 is 29.1 Å². The van der Waals surface area contributed by atoms with Gasteiger partial charge in [-0.15, -0.1) is 0 Å². The highest BCUT2D eigenvalue weighted by Crippen LogP contribution is 2.16. The minimum atomic E-state index is -0.719. The predicted octanol–water partition coefficient (Wildman–Crippen LogP) is 1.44.